The van der Waals surface area contributed by atoms with Crippen LogP contribution in [0.4, 0.5) is 0 Å². The van der Waals surface area contributed by atoms with E-state index in [-0.39, 0.29) is 15.5 Å². The van der Waals surface area contributed by atoms with Crippen LogP contribution in [-0.4, -0.2) is 13.4 Å². The number of aromatic amines is 1. The van der Waals surface area contributed by atoms with E-state index < -0.39 is 9.84 Å². The van der Waals surface area contributed by atoms with Crippen molar-refractivity contribution in [3.63, 3.8) is 0 Å². The largest absolute Gasteiger partial charge is 0.457 e. The van der Waals surface area contributed by atoms with Crippen LogP contribution in [0.5, 0.6) is 17.2 Å². The first kappa shape index (κ1) is 19.1. The highest BCUT2D eigenvalue weighted by atomic mass is 32.2. The standard InChI is InChI=1S/C23H20NO4S/c1-14-4-7-19(8-5-14)29(26,27)22-13-24-21-9-6-18(12-20(21)22)28-23-15(2)10-17(25)11-16(23)3/h4-13,24H,1-3H3. The normalized spacial score (nSPS) is 11.7. The summed E-state index contributed by atoms with van der Waals surface area (Å²) in [6.45, 7) is 5.53. The molecule has 29 heavy (non-hydrogen) atoms. The Kier molecular flexibility index (Phi) is 4.59. The molecule has 0 atom stereocenters. The Morgan fingerprint density at radius 3 is 2.17 bits per heavy atom. The Labute approximate surface area is 169 Å². The Morgan fingerprint density at radius 2 is 1.52 bits per heavy atom. The maximum absolute atomic E-state index is 13.1. The lowest BCUT2D eigenvalue weighted by Gasteiger charge is -2.12. The monoisotopic (exact) mass is 406 g/mol. The minimum absolute atomic E-state index is 0.0695. The summed E-state index contributed by atoms with van der Waals surface area (Å²) >= 11 is 0. The molecule has 0 saturated heterocycles. The van der Waals surface area contributed by atoms with E-state index in [0.29, 0.717) is 22.4 Å². The van der Waals surface area contributed by atoms with Crippen molar-refractivity contribution in [1.82, 2.24) is 4.98 Å². The molecule has 1 N–H and O–H groups in total. The van der Waals surface area contributed by atoms with Crippen LogP contribution in [0.2, 0.25) is 0 Å². The molecule has 0 saturated carbocycles. The van der Waals surface area contributed by atoms with Crippen LogP contribution in [0.1, 0.15) is 16.7 Å². The van der Waals surface area contributed by atoms with Gasteiger partial charge in [0.2, 0.25) is 9.84 Å². The smallest absolute Gasteiger partial charge is 0.208 e. The van der Waals surface area contributed by atoms with Crippen LogP contribution >= 0.6 is 0 Å². The SMILES string of the molecule is Cc1ccc(S(=O)(=O)c2c[nH]c3ccc(Oc4c(C)cc([O])cc4C)cc23)cc1. The highest BCUT2D eigenvalue weighted by molar-refractivity contribution is 7.91. The summed E-state index contributed by atoms with van der Waals surface area (Å²) in [5, 5.41) is 12.2. The van der Waals surface area contributed by atoms with E-state index in [1.165, 1.54) is 18.3 Å². The molecular formula is C23H20NO4S. The summed E-state index contributed by atoms with van der Waals surface area (Å²) in [6, 6.07) is 15.1. The molecule has 6 heteroatoms. The van der Waals surface area contributed by atoms with Gasteiger partial charge in [-0.15, -0.1) is 0 Å². The van der Waals surface area contributed by atoms with E-state index in [9.17, 15) is 13.5 Å². The molecule has 4 aromatic rings. The highest BCUT2D eigenvalue weighted by Crippen LogP contribution is 2.35. The van der Waals surface area contributed by atoms with Crippen molar-refractivity contribution in [3.8, 4) is 17.2 Å². The summed E-state index contributed by atoms with van der Waals surface area (Å²) in [6.07, 6.45) is 1.51. The van der Waals surface area contributed by atoms with Crippen LogP contribution in [-0.2, 0) is 14.9 Å². The van der Waals surface area contributed by atoms with Gasteiger partial charge >= 0.3 is 0 Å². The summed E-state index contributed by atoms with van der Waals surface area (Å²) < 4.78 is 32.3. The van der Waals surface area contributed by atoms with Gasteiger partial charge in [-0.25, -0.2) is 8.42 Å². The quantitative estimate of drug-likeness (QED) is 0.461. The van der Waals surface area contributed by atoms with Crippen molar-refractivity contribution in [2.75, 3.05) is 0 Å². The molecule has 0 unspecified atom stereocenters. The number of rotatable bonds is 4. The lowest BCUT2D eigenvalue weighted by atomic mass is 10.1. The van der Waals surface area contributed by atoms with Gasteiger partial charge in [0, 0.05) is 17.1 Å². The van der Waals surface area contributed by atoms with Gasteiger partial charge in [-0.1, -0.05) is 17.7 Å². The summed E-state index contributed by atoms with van der Waals surface area (Å²) in [4.78, 5) is 3.46. The Hall–Kier alpha value is -3.25. The zero-order chi connectivity index (χ0) is 20.8. The maximum atomic E-state index is 13.1. The summed E-state index contributed by atoms with van der Waals surface area (Å²) in [5.41, 5.74) is 3.16. The number of aryl methyl sites for hydroxylation is 3. The number of benzene rings is 3. The third-order valence-electron chi connectivity index (χ3n) is 4.89. The molecule has 0 aliphatic rings. The summed E-state index contributed by atoms with van der Waals surface area (Å²) in [7, 11) is -3.68. The van der Waals surface area contributed by atoms with Crippen molar-refractivity contribution >= 4 is 20.7 Å². The number of aromatic nitrogens is 1. The highest BCUT2D eigenvalue weighted by Gasteiger charge is 2.22. The minimum Gasteiger partial charge on any atom is -0.457 e. The van der Waals surface area contributed by atoms with Crippen molar-refractivity contribution in [1.29, 1.82) is 0 Å². The van der Waals surface area contributed by atoms with Gasteiger partial charge in [0.15, 0.2) is 5.75 Å². The van der Waals surface area contributed by atoms with Crippen LogP contribution in [0, 0.1) is 20.8 Å². The molecule has 0 fully saturated rings. The zero-order valence-corrected chi connectivity index (χ0v) is 17.1. The number of nitrogens with one attached hydrogen (secondary N) is 1. The van der Waals surface area contributed by atoms with E-state index in [1.54, 1.807) is 42.5 Å². The number of fused-ring (bicyclic) bond motifs is 1. The average Bonchev–Trinajstić information content (AvgIpc) is 3.09. The van der Waals surface area contributed by atoms with E-state index in [1.807, 2.05) is 20.8 Å². The first-order valence-corrected chi connectivity index (χ1v) is 10.6. The Balaban J connectivity index is 1.78. The van der Waals surface area contributed by atoms with Crippen LogP contribution in [0.3, 0.4) is 0 Å². The molecule has 4 rings (SSSR count). The number of hydrogen-bond donors (Lipinski definition) is 1. The van der Waals surface area contributed by atoms with Gasteiger partial charge in [0.25, 0.3) is 0 Å². The van der Waals surface area contributed by atoms with E-state index in [2.05, 4.69) is 4.98 Å². The zero-order valence-electron chi connectivity index (χ0n) is 16.3. The first-order valence-electron chi connectivity index (χ1n) is 9.15. The molecule has 0 aliphatic carbocycles. The van der Waals surface area contributed by atoms with Crippen LogP contribution in [0.15, 0.2) is 70.6 Å². The Morgan fingerprint density at radius 1 is 0.862 bits per heavy atom. The summed E-state index contributed by atoms with van der Waals surface area (Å²) in [5.74, 6) is 1.03. The molecule has 147 valence electrons. The third-order valence-corrected chi connectivity index (χ3v) is 6.70. The van der Waals surface area contributed by atoms with Gasteiger partial charge < -0.3 is 9.72 Å². The van der Waals surface area contributed by atoms with Crippen molar-refractivity contribution in [2.45, 2.75) is 30.6 Å². The van der Waals surface area contributed by atoms with E-state index in [4.69, 9.17) is 4.74 Å². The van der Waals surface area contributed by atoms with Gasteiger partial charge in [-0.05, 0) is 74.4 Å². The van der Waals surface area contributed by atoms with E-state index in [0.717, 1.165) is 16.7 Å². The lowest BCUT2D eigenvalue weighted by Crippen LogP contribution is -2.01. The molecule has 0 spiro atoms. The minimum atomic E-state index is -3.68. The second-order valence-electron chi connectivity index (χ2n) is 7.17. The van der Waals surface area contributed by atoms with Gasteiger partial charge in [-0.2, -0.15) is 0 Å². The number of hydrogen-bond acceptors (Lipinski definition) is 3. The molecule has 0 bridgehead atoms. The van der Waals surface area contributed by atoms with Crippen molar-refractivity contribution in [3.05, 3.63) is 77.5 Å². The van der Waals surface area contributed by atoms with Gasteiger partial charge in [0.05, 0.1) is 9.79 Å². The Bertz CT molecular complexity index is 1300. The molecule has 0 amide bonds. The fourth-order valence-electron chi connectivity index (χ4n) is 3.39. The molecule has 1 radical (unpaired) electrons. The van der Waals surface area contributed by atoms with Crippen LogP contribution < -0.4 is 4.74 Å². The average molecular weight is 406 g/mol. The predicted octanol–water partition coefficient (Wildman–Crippen LogP) is 5.86. The topological polar surface area (TPSA) is 79.1 Å². The third kappa shape index (κ3) is 3.47. The fraction of sp³-hybridized carbons (Fsp3) is 0.130. The van der Waals surface area contributed by atoms with Crippen molar-refractivity contribution < 1.29 is 18.3 Å². The molecule has 0 aliphatic heterocycles. The second kappa shape index (κ2) is 6.97. The molecular weight excluding hydrogens is 386 g/mol. The molecule has 3 aromatic carbocycles. The molecule has 5 nitrogen and oxygen atoms in total. The number of H-pyrrole nitrogens is 1. The van der Waals surface area contributed by atoms with Crippen molar-refractivity contribution in [2.24, 2.45) is 0 Å². The molecule has 1 heterocycles. The predicted molar refractivity (Wildman–Crippen MR) is 111 cm³/mol. The number of ether oxygens (including phenoxy) is 1. The van der Waals surface area contributed by atoms with Gasteiger partial charge in [-0.3, -0.25) is 5.11 Å². The number of sulfone groups is 1. The lowest BCUT2D eigenvalue weighted by molar-refractivity contribution is 0.353. The van der Waals surface area contributed by atoms with Crippen LogP contribution in [0.25, 0.3) is 10.9 Å². The maximum Gasteiger partial charge on any atom is 0.208 e. The second-order valence-corrected chi connectivity index (χ2v) is 9.08. The fourth-order valence-corrected chi connectivity index (χ4v) is 4.81. The first-order chi connectivity index (χ1) is 13.8. The molecule has 1 aromatic heterocycles. The van der Waals surface area contributed by atoms with E-state index >= 15 is 0 Å². The van der Waals surface area contributed by atoms with Gasteiger partial charge in [0.1, 0.15) is 11.5 Å².